The molecule has 1 heterocycles. The van der Waals surface area contributed by atoms with Gasteiger partial charge in [0.15, 0.2) is 0 Å². The second-order valence-corrected chi connectivity index (χ2v) is 8.08. The van der Waals surface area contributed by atoms with Crippen molar-refractivity contribution in [2.45, 2.75) is 89.3 Å². The average molecular weight is 309 g/mol. The molecule has 3 nitrogen and oxygen atoms in total. The summed E-state index contributed by atoms with van der Waals surface area (Å²) in [4.78, 5) is 2.78. The Morgan fingerprint density at radius 1 is 1.05 bits per heavy atom. The summed E-state index contributed by atoms with van der Waals surface area (Å²) in [6.07, 6.45) is 13.5. The highest BCUT2D eigenvalue weighted by molar-refractivity contribution is 4.94. The highest BCUT2D eigenvalue weighted by atomic mass is 16.3. The first kappa shape index (κ1) is 16.7. The molecule has 0 amide bonds. The van der Waals surface area contributed by atoms with Gasteiger partial charge in [0.05, 0.1) is 0 Å². The number of likely N-dealkylation sites (tertiary alicyclic amines) is 1. The fourth-order valence-electron chi connectivity index (χ4n) is 5.00. The molecule has 0 aromatic rings. The highest BCUT2D eigenvalue weighted by Crippen LogP contribution is 2.38. The van der Waals surface area contributed by atoms with Crippen LogP contribution in [-0.4, -0.2) is 47.8 Å². The van der Waals surface area contributed by atoms with Crippen molar-refractivity contribution in [3.63, 3.8) is 0 Å². The maximum atomic E-state index is 9.39. The van der Waals surface area contributed by atoms with Crippen molar-refractivity contribution in [3.8, 4) is 0 Å². The van der Waals surface area contributed by atoms with Crippen LogP contribution in [0.15, 0.2) is 0 Å². The first-order valence-corrected chi connectivity index (χ1v) is 9.91. The van der Waals surface area contributed by atoms with E-state index >= 15 is 0 Å². The fourth-order valence-corrected chi connectivity index (χ4v) is 5.00. The van der Waals surface area contributed by atoms with Gasteiger partial charge in [-0.05, 0) is 56.8 Å². The Morgan fingerprint density at radius 2 is 1.82 bits per heavy atom. The third kappa shape index (κ3) is 4.46. The van der Waals surface area contributed by atoms with Crippen molar-refractivity contribution < 1.29 is 5.11 Å². The lowest BCUT2D eigenvalue weighted by atomic mass is 9.88. The Morgan fingerprint density at radius 3 is 2.45 bits per heavy atom. The van der Waals surface area contributed by atoms with Gasteiger partial charge in [-0.25, -0.2) is 0 Å². The lowest BCUT2D eigenvalue weighted by molar-refractivity contribution is 0.0680. The smallest absolute Gasteiger partial charge is 0.0434 e. The van der Waals surface area contributed by atoms with Gasteiger partial charge >= 0.3 is 0 Å². The molecule has 3 atom stereocenters. The molecule has 2 saturated carbocycles. The van der Waals surface area contributed by atoms with Crippen LogP contribution in [0.3, 0.4) is 0 Å². The van der Waals surface area contributed by atoms with Gasteiger partial charge in [-0.2, -0.15) is 0 Å². The van der Waals surface area contributed by atoms with Gasteiger partial charge in [0, 0.05) is 37.8 Å². The van der Waals surface area contributed by atoms with Crippen molar-refractivity contribution >= 4 is 0 Å². The zero-order valence-corrected chi connectivity index (χ0v) is 14.5. The molecule has 1 saturated heterocycles. The lowest BCUT2D eigenvalue weighted by Crippen LogP contribution is -2.55. The number of aliphatic hydroxyl groups excluding tert-OH is 1. The molecule has 0 aromatic carbocycles. The van der Waals surface area contributed by atoms with E-state index in [0.717, 1.165) is 24.4 Å². The summed E-state index contributed by atoms with van der Waals surface area (Å²) in [6.45, 7) is 5.18. The molecule has 0 bridgehead atoms. The van der Waals surface area contributed by atoms with Crippen molar-refractivity contribution in [3.05, 3.63) is 0 Å². The van der Waals surface area contributed by atoms with E-state index in [4.69, 9.17) is 0 Å². The molecular formula is C19H36N2O. The first-order valence-electron chi connectivity index (χ1n) is 9.91. The van der Waals surface area contributed by atoms with Crippen LogP contribution in [0.2, 0.25) is 0 Å². The number of nitrogens with one attached hydrogen (secondary N) is 1. The van der Waals surface area contributed by atoms with Crippen molar-refractivity contribution in [1.29, 1.82) is 0 Å². The Bertz CT molecular complexity index is 325. The van der Waals surface area contributed by atoms with Crippen LogP contribution in [0.4, 0.5) is 0 Å². The zero-order valence-electron chi connectivity index (χ0n) is 14.5. The minimum Gasteiger partial charge on any atom is -0.396 e. The normalized spacial score (nSPS) is 33.0. The van der Waals surface area contributed by atoms with Gasteiger partial charge in [-0.15, -0.1) is 0 Å². The van der Waals surface area contributed by atoms with Crippen LogP contribution in [0.1, 0.15) is 71.1 Å². The summed E-state index contributed by atoms with van der Waals surface area (Å²) >= 11 is 0. The molecule has 3 rings (SSSR count). The van der Waals surface area contributed by atoms with Gasteiger partial charge in [0.25, 0.3) is 0 Å². The molecule has 22 heavy (non-hydrogen) atoms. The van der Waals surface area contributed by atoms with E-state index in [-0.39, 0.29) is 0 Å². The van der Waals surface area contributed by atoms with Gasteiger partial charge in [0.2, 0.25) is 0 Å². The number of hydrogen-bond acceptors (Lipinski definition) is 3. The Hall–Kier alpha value is -0.120. The van der Waals surface area contributed by atoms with E-state index in [9.17, 15) is 5.11 Å². The third-order valence-corrected chi connectivity index (χ3v) is 6.23. The minimum absolute atomic E-state index is 0.356. The molecule has 2 aliphatic carbocycles. The molecule has 3 unspecified atom stereocenters. The maximum Gasteiger partial charge on any atom is 0.0434 e. The molecule has 1 aliphatic heterocycles. The topological polar surface area (TPSA) is 35.5 Å². The summed E-state index contributed by atoms with van der Waals surface area (Å²) in [5, 5.41) is 13.4. The Balaban J connectivity index is 1.58. The molecule has 2 N–H and O–H groups in total. The van der Waals surface area contributed by atoms with Crippen LogP contribution < -0.4 is 5.32 Å². The average Bonchev–Trinajstić information content (AvgIpc) is 3.34. The summed E-state index contributed by atoms with van der Waals surface area (Å²) in [7, 11) is 0. The summed E-state index contributed by atoms with van der Waals surface area (Å²) in [5.74, 6) is 1.65. The number of nitrogens with zero attached hydrogens (tertiary/aromatic N) is 1. The summed E-state index contributed by atoms with van der Waals surface area (Å²) in [5.41, 5.74) is 0. The van der Waals surface area contributed by atoms with Crippen LogP contribution in [0, 0.1) is 11.8 Å². The third-order valence-electron chi connectivity index (χ3n) is 6.23. The van der Waals surface area contributed by atoms with E-state index in [2.05, 4.69) is 17.1 Å². The van der Waals surface area contributed by atoms with E-state index in [1.165, 1.54) is 70.9 Å². The predicted octanol–water partition coefficient (Wildman–Crippen LogP) is 3.17. The van der Waals surface area contributed by atoms with Crippen LogP contribution in [0.5, 0.6) is 0 Å². The molecule has 3 fully saturated rings. The van der Waals surface area contributed by atoms with Gasteiger partial charge in [-0.1, -0.05) is 26.2 Å². The van der Waals surface area contributed by atoms with Crippen molar-refractivity contribution in [2.75, 3.05) is 19.7 Å². The van der Waals surface area contributed by atoms with E-state index in [0.29, 0.717) is 18.6 Å². The van der Waals surface area contributed by atoms with Gasteiger partial charge in [0.1, 0.15) is 0 Å². The highest BCUT2D eigenvalue weighted by Gasteiger charge is 2.38. The van der Waals surface area contributed by atoms with Crippen molar-refractivity contribution in [2.24, 2.45) is 11.8 Å². The molecule has 0 spiro atoms. The van der Waals surface area contributed by atoms with E-state index < -0.39 is 0 Å². The van der Waals surface area contributed by atoms with Crippen LogP contribution in [-0.2, 0) is 0 Å². The van der Waals surface area contributed by atoms with Gasteiger partial charge < -0.3 is 10.4 Å². The van der Waals surface area contributed by atoms with E-state index in [1.54, 1.807) is 0 Å². The first-order chi connectivity index (χ1) is 10.8. The largest absolute Gasteiger partial charge is 0.396 e. The monoisotopic (exact) mass is 308 g/mol. The lowest BCUT2D eigenvalue weighted by Gasteiger charge is -2.43. The number of piperidine rings is 1. The second kappa shape index (κ2) is 8.12. The number of hydrogen-bond donors (Lipinski definition) is 2. The molecule has 128 valence electrons. The van der Waals surface area contributed by atoms with Crippen molar-refractivity contribution in [1.82, 2.24) is 10.2 Å². The Labute approximate surface area is 136 Å². The van der Waals surface area contributed by atoms with Crippen LogP contribution >= 0.6 is 0 Å². The zero-order chi connectivity index (χ0) is 15.4. The molecule has 0 radical (unpaired) electrons. The van der Waals surface area contributed by atoms with E-state index in [1.807, 2.05) is 0 Å². The quantitative estimate of drug-likeness (QED) is 0.758. The molecule has 0 aromatic heterocycles. The summed E-state index contributed by atoms with van der Waals surface area (Å²) in [6, 6.07) is 2.22. The fraction of sp³-hybridized carbons (Fsp3) is 1.00. The number of rotatable bonds is 7. The maximum absolute atomic E-state index is 9.39. The number of aliphatic hydroxyl groups is 1. The minimum atomic E-state index is 0.356. The SMILES string of the molecule is CCC(C1CC1)N1CC(CCO)CC(NC2CCCCC2)C1. The Kier molecular flexibility index (Phi) is 6.17. The molecule has 3 heteroatoms. The van der Waals surface area contributed by atoms with Gasteiger partial charge in [-0.3, -0.25) is 4.90 Å². The standard InChI is InChI=1S/C19H36N2O/c1-2-19(16-8-9-16)21-13-15(10-11-22)12-18(14-21)20-17-6-4-3-5-7-17/h15-20,22H,2-14H2,1H3. The molecule has 3 aliphatic rings. The molecular weight excluding hydrogens is 272 g/mol. The second-order valence-electron chi connectivity index (χ2n) is 8.08. The predicted molar refractivity (Wildman–Crippen MR) is 92.0 cm³/mol. The summed E-state index contributed by atoms with van der Waals surface area (Å²) < 4.78 is 0. The van der Waals surface area contributed by atoms with Crippen LogP contribution in [0.25, 0.3) is 0 Å².